The lowest BCUT2D eigenvalue weighted by Gasteiger charge is -2.25. The first-order valence-electron chi connectivity index (χ1n) is 7.79. The zero-order valence-electron chi connectivity index (χ0n) is 13.4. The summed E-state index contributed by atoms with van der Waals surface area (Å²) in [4.78, 5) is 28.8. The second-order valence-electron chi connectivity index (χ2n) is 5.98. The Morgan fingerprint density at radius 3 is 3.04 bits per heavy atom. The van der Waals surface area contributed by atoms with E-state index in [4.69, 9.17) is 5.11 Å². The Labute approximate surface area is 144 Å². The Balaban J connectivity index is 1.77. The Bertz CT molecular complexity index is 548. The molecule has 0 aromatic carbocycles. The van der Waals surface area contributed by atoms with Crippen molar-refractivity contribution >= 4 is 35.0 Å². The summed E-state index contributed by atoms with van der Waals surface area (Å²) in [6.07, 6.45) is 1.54. The molecule has 0 aliphatic carbocycles. The van der Waals surface area contributed by atoms with Crippen LogP contribution < -0.4 is 5.32 Å². The van der Waals surface area contributed by atoms with Crippen LogP contribution in [0.15, 0.2) is 9.72 Å². The van der Waals surface area contributed by atoms with Crippen molar-refractivity contribution in [2.45, 2.75) is 37.1 Å². The van der Waals surface area contributed by atoms with Gasteiger partial charge >= 0.3 is 5.97 Å². The molecule has 2 rings (SSSR count). The number of carboxylic acids is 1. The number of thioether (sulfide) groups is 1. The number of hydrogen-bond acceptors (Lipinski definition) is 6. The average Bonchev–Trinajstić information content (AvgIpc) is 3.08. The third kappa shape index (κ3) is 5.47. The van der Waals surface area contributed by atoms with Gasteiger partial charge < -0.3 is 15.3 Å². The number of nitrogens with one attached hydrogen (secondary N) is 1. The molecule has 128 valence electrons. The summed E-state index contributed by atoms with van der Waals surface area (Å²) >= 11 is 2.84. The molecule has 1 atom stereocenters. The monoisotopic (exact) mass is 357 g/mol. The molecule has 6 nitrogen and oxygen atoms in total. The van der Waals surface area contributed by atoms with Crippen LogP contribution in [0.4, 0.5) is 0 Å². The van der Waals surface area contributed by atoms with Crippen LogP contribution >= 0.6 is 23.1 Å². The Morgan fingerprint density at radius 1 is 1.61 bits per heavy atom. The first-order chi connectivity index (χ1) is 11.0. The topological polar surface area (TPSA) is 82.5 Å². The van der Waals surface area contributed by atoms with Gasteiger partial charge in [0.25, 0.3) is 0 Å². The molecule has 2 N–H and O–H groups in total. The fourth-order valence-electron chi connectivity index (χ4n) is 2.50. The molecule has 0 saturated carbocycles. The summed E-state index contributed by atoms with van der Waals surface area (Å²) in [5.41, 5.74) is 0.0884. The number of carboxylic acid groups (broad SMARTS) is 1. The van der Waals surface area contributed by atoms with Crippen LogP contribution in [0.3, 0.4) is 0 Å². The molecule has 1 aromatic heterocycles. The SMILES string of the molecule is CC(C)CNC[C@H]1CCC(=O)N1CCSc1nc(C(=O)O)cs1. The van der Waals surface area contributed by atoms with Gasteiger partial charge in [0.15, 0.2) is 10.0 Å². The molecular weight excluding hydrogens is 334 g/mol. The molecule has 0 unspecified atom stereocenters. The molecule has 1 aliphatic heterocycles. The van der Waals surface area contributed by atoms with Crippen molar-refractivity contribution in [1.29, 1.82) is 0 Å². The molecule has 1 saturated heterocycles. The Kier molecular flexibility index (Phi) is 6.86. The number of aromatic carboxylic acids is 1. The van der Waals surface area contributed by atoms with Crippen molar-refractivity contribution in [3.8, 4) is 0 Å². The van der Waals surface area contributed by atoms with Crippen LogP contribution in [0.1, 0.15) is 37.2 Å². The smallest absolute Gasteiger partial charge is 0.355 e. The summed E-state index contributed by atoms with van der Waals surface area (Å²) in [6.45, 7) is 6.82. The minimum atomic E-state index is -1.00. The van der Waals surface area contributed by atoms with Crippen molar-refractivity contribution in [3.63, 3.8) is 0 Å². The summed E-state index contributed by atoms with van der Waals surface area (Å²) in [6, 6.07) is 0.271. The van der Waals surface area contributed by atoms with E-state index in [1.165, 1.54) is 23.1 Å². The fourth-order valence-corrected chi connectivity index (χ4v) is 4.31. The van der Waals surface area contributed by atoms with E-state index < -0.39 is 5.97 Å². The molecule has 1 aromatic rings. The summed E-state index contributed by atoms with van der Waals surface area (Å²) in [5, 5.41) is 13.8. The number of aromatic nitrogens is 1. The van der Waals surface area contributed by atoms with Crippen molar-refractivity contribution < 1.29 is 14.7 Å². The van der Waals surface area contributed by atoms with Gasteiger partial charge in [-0.1, -0.05) is 25.6 Å². The Morgan fingerprint density at radius 2 is 2.39 bits per heavy atom. The van der Waals surface area contributed by atoms with Gasteiger partial charge in [-0.05, 0) is 18.9 Å². The van der Waals surface area contributed by atoms with Gasteiger partial charge in [-0.25, -0.2) is 9.78 Å². The lowest BCUT2D eigenvalue weighted by atomic mass is 10.2. The number of amides is 1. The average molecular weight is 358 g/mol. The summed E-state index contributed by atoms with van der Waals surface area (Å²) in [5.74, 6) is 0.551. The minimum Gasteiger partial charge on any atom is -0.476 e. The van der Waals surface area contributed by atoms with E-state index in [0.717, 1.165) is 29.6 Å². The van der Waals surface area contributed by atoms with Gasteiger partial charge in [0.2, 0.25) is 5.91 Å². The lowest BCUT2D eigenvalue weighted by Crippen LogP contribution is -2.41. The van der Waals surface area contributed by atoms with Crippen molar-refractivity contribution in [2.75, 3.05) is 25.4 Å². The second kappa shape index (κ2) is 8.65. The normalized spacial score (nSPS) is 18.1. The molecular formula is C15H23N3O3S2. The van der Waals surface area contributed by atoms with Crippen molar-refractivity contribution in [2.24, 2.45) is 5.92 Å². The largest absolute Gasteiger partial charge is 0.476 e. The third-order valence-corrected chi connectivity index (χ3v) is 5.65. The maximum absolute atomic E-state index is 12.0. The van der Waals surface area contributed by atoms with Crippen LogP contribution in [-0.2, 0) is 4.79 Å². The molecule has 8 heteroatoms. The zero-order chi connectivity index (χ0) is 16.8. The Hall–Kier alpha value is -1.12. The number of rotatable bonds is 9. The highest BCUT2D eigenvalue weighted by Crippen LogP contribution is 2.24. The first-order valence-corrected chi connectivity index (χ1v) is 9.65. The maximum atomic E-state index is 12.0. The molecule has 1 aliphatic rings. The third-order valence-electron chi connectivity index (χ3n) is 3.65. The van der Waals surface area contributed by atoms with Crippen LogP contribution in [-0.4, -0.2) is 58.3 Å². The van der Waals surface area contributed by atoms with E-state index in [2.05, 4.69) is 24.1 Å². The molecule has 0 bridgehead atoms. The first kappa shape index (κ1) is 18.2. The predicted octanol–water partition coefficient (Wildman–Crippen LogP) is 2.17. The number of likely N-dealkylation sites (tertiary alicyclic amines) is 1. The van der Waals surface area contributed by atoms with Gasteiger partial charge in [0, 0.05) is 36.7 Å². The fraction of sp³-hybridized carbons (Fsp3) is 0.667. The van der Waals surface area contributed by atoms with Gasteiger partial charge in [0.1, 0.15) is 0 Å². The highest BCUT2D eigenvalue weighted by Gasteiger charge is 2.30. The molecule has 0 radical (unpaired) electrons. The van der Waals surface area contributed by atoms with Crippen molar-refractivity contribution in [1.82, 2.24) is 15.2 Å². The van der Waals surface area contributed by atoms with Gasteiger partial charge in [-0.3, -0.25) is 4.79 Å². The van der Waals surface area contributed by atoms with E-state index in [-0.39, 0.29) is 17.6 Å². The molecule has 1 amide bonds. The summed E-state index contributed by atoms with van der Waals surface area (Å²) < 4.78 is 0.739. The highest BCUT2D eigenvalue weighted by atomic mass is 32.2. The highest BCUT2D eigenvalue weighted by molar-refractivity contribution is 8.01. The quantitative estimate of drug-likeness (QED) is 0.659. The standard InChI is InChI=1S/C15H23N3O3S2/c1-10(2)7-16-8-11-3-4-13(19)18(11)5-6-22-15-17-12(9-23-15)14(20)21/h9-11,16H,3-8H2,1-2H3,(H,20,21)/t11-/m1/s1. The van der Waals surface area contributed by atoms with E-state index >= 15 is 0 Å². The van der Waals surface area contributed by atoms with Crippen LogP contribution in [0.25, 0.3) is 0 Å². The second-order valence-corrected chi connectivity index (χ2v) is 8.18. The number of nitrogens with zero attached hydrogens (tertiary/aromatic N) is 2. The van der Waals surface area contributed by atoms with Crippen LogP contribution in [0.5, 0.6) is 0 Å². The number of hydrogen-bond donors (Lipinski definition) is 2. The zero-order valence-corrected chi connectivity index (χ0v) is 15.1. The number of carbonyl (C=O) groups is 2. The van der Waals surface area contributed by atoms with E-state index in [9.17, 15) is 9.59 Å². The molecule has 1 fully saturated rings. The molecule has 23 heavy (non-hydrogen) atoms. The maximum Gasteiger partial charge on any atom is 0.355 e. The number of thiazole rings is 1. The van der Waals surface area contributed by atoms with Crippen LogP contribution in [0.2, 0.25) is 0 Å². The van der Waals surface area contributed by atoms with E-state index in [1.54, 1.807) is 5.38 Å². The summed E-state index contributed by atoms with van der Waals surface area (Å²) in [7, 11) is 0. The predicted molar refractivity (Wildman–Crippen MR) is 92.2 cm³/mol. The van der Waals surface area contributed by atoms with E-state index in [0.29, 0.717) is 18.9 Å². The number of carbonyl (C=O) groups excluding carboxylic acids is 1. The molecule has 0 spiro atoms. The minimum absolute atomic E-state index is 0.0884. The molecule has 2 heterocycles. The lowest BCUT2D eigenvalue weighted by molar-refractivity contribution is -0.128. The van der Waals surface area contributed by atoms with Gasteiger partial charge in [-0.2, -0.15) is 0 Å². The van der Waals surface area contributed by atoms with Gasteiger partial charge in [-0.15, -0.1) is 11.3 Å². The van der Waals surface area contributed by atoms with E-state index in [1.807, 2.05) is 4.90 Å². The van der Waals surface area contributed by atoms with Gasteiger partial charge in [0.05, 0.1) is 0 Å². The van der Waals surface area contributed by atoms with Crippen LogP contribution in [0, 0.1) is 5.92 Å². The van der Waals surface area contributed by atoms with Crippen molar-refractivity contribution in [3.05, 3.63) is 11.1 Å².